The smallest absolute Gasteiger partial charge is 0.349 e. The highest BCUT2D eigenvalue weighted by Crippen LogP contribution is 2.23. The summed E-state index contributed by atoms with van der Waals surface area (Å²) in [4.78, 5) is 24.2. The highest BCUT2D eigenvalue weighted by atomic mass is 16.5. The van der Waals surface area contributed by atoms with Crippen LogP contribution in [0.3, 0.4) is 0 Å². The molecule has 2 atom stereocenters. The number of methoxy groups -OCH3 is 1. The molecule has 1 aliphatic carbocycles. The molecule has 1 fully saturated rings. The summed E-state index contributed by atoms with van der Waals surface area (Å²) in [6, 6.07) is 4.10. The number of nitriles is 1. The molecule has 7 heteroatoms. The van der Waals surface area contributed by atoms with Gasteiger partial charge in [0.1, 0.15) is 11.6 Å². The Morgan fingerprint density at radius 3 is 2.63 bits per heavy atom. The molecule has 1 aromatic heterocycles. The van der Waals surface area contributed by atoms with Gasteiger partial charge in [-0.05, 0) is 58.2 Å². The summed E-state index contributed by atoms with van der Waals surface area (Å²) in [6.45, 7) is 7.99. The van der Waals surface area contributed by atoms with Crippen molar-refractivity contribution in [3.63, 3.8) is 0 Å². The molecule has 1 heterocycles. The van der Waals surface area contributed by atoms with Crippen LogP contribution in [0.1, 0.15) is 49.7 Å². The number of amides is 1. The van der Waals surface area contributed by atoms with Crippen molar-refractivity contribution in [2.45, 2.75) is 58.7 Å². The van der Waals surface area contributed by atoms with Gasteiger partial charge in [-0.2, -0.15) is 5.26 Å². The minimum absolute atomic E-state index is 0.126. The Labute approximate surface area is 159 Å². The molecule has 0 aromatic carbocycles. The second kappa shape index (κ2) is 8.87. The van der Waals surface area contributed by atoms with Crippen molar-refractivity contribution in [1.29, 1.82) is 5.26 Å². The Balaban J connectivity index is 2.15. The van der Waals surface area contributed by atoms with Crippen LogP contribution in [-0.4, -0.2) is 42.3 Å². The number of hydrogen-bond acceptors (Lipinski definition) is 5. The molecular formula is C20H27N3O4. The molecule has 27 heavy (non-hydrogen) atoms. The quantitative estimate of drug-likeness (QED) is 0.429. The first-order valence-corrected chi connectivity index (χ1v) is 9.09. The summed E-state index contributed by atoms with van der Waals surface area (Å²) >= 11 is 0. The average Bonchev–Trinajstić information content (AvgIpc) is 3.37. The van der Waals surface area contributed by atoms with E-state index in [1.165, 1.54) is 13.0 Å². The number of nitrogens with one attached hydrogen (secondary N) is 1. The summed E-state index contributed by atoms with van der Waals surface area (Å²) in [6.07, 6.45) is 2.47. The largest absolute Gasteiger partial charge is 0.448 e. The van der Waals surface area contributed by atoms with Crippen LogP contribution < -0.4 is 5.32 Å². The fourth-order valence-electron chi connectivity index (χ4n) is 3.06. The third-order valence-electron chi connectivity index (χ3n) is 4.59. The van der Waals surface area contributed by atoms with Gasteiger partial charge >= 0.3 is 5.97 Å². The molecule has 0 aliphatic heterocycles. The molecule has 0 bridgehead atoms. The number of ether oxygens (including phenoxy) is 2. The molecule has 0 unspecified atom stereocenters. The van der Waals surface area contributed by atoms with Crippen molar-refractivity contribution < 1.29 is 19.1 Å². The van der Waals surface area contributed by atoms with Crippen LogP contribution in [0.4, 0.5) is 0 Å². The predicted molar refractivity (Wildman–Crippen MR) is 101 cm³/mol. The highest BCUT2D eigenvalue weighted by Gasteiger charge is 2.28. The summed E-state index contributed by atoms with van der Waals surface area (Å²) in [5.74, 6) is -1.14. The van der Waals surface area contributed by atoms with Gasteiger partial charge in [0.25, 0.3) is 5.91 Å². The van der Waals surface area contributed by atoms with Gasteiger partial charge in [-0.15, -0.1) is 0 Å². The van der Waals surface area contributed by atoms with Crippen molar-refractivity contribution in [3.05, 3.63) is 28.6 Å². The van der Waals surface area contributed by atoms with E-state index in [4.69, 9.17) is 9.47 Å². The molecule has 1 amide bonds. The van der Waals surface area contributed by atoms with E-state index in [1.807, 2.05) is 32.9 Å². The van der Waals surface area contributed by atoms with Crippen molar-refractivity contribution in [3.8, 4) is 6.07 Å². The Morgan fingerprint density at radius 2 is 2.07 bits per heavy atom. The zero-order valence-corrected chi connectivity index (χ0v) is 16.5. The fourth-order valence-corrected chi connectivity index (χ4v) is 3.06. The lowest BCUT2D eigenvalue weighted by Gasteiger charge is -2.17. The second-order valence-corrected chi connectivity index (χ2v) is 7.00. The maximum absolute atomic E-state index is 12.3. The number of esters is 1. The molecule has 7 nitrogen and oxygen atoms in total. The van der Waals surface area contributed by atoms with Gasteiger partial charge < -0.3 is 19.4 Å². The topological polar surface area (TPSA) is 93.3 Å². The van der Waals surface area contributed by atoms with Crippen molar-refractivity contribution >= 4 is 18.0 Å². The van der Waals surface area contributed by atoms with E-state index in [2.05, 4.69) is 9.88 Å². The molecule has 1 N–H and O–H groups in total. The third-order valence-corrected chi connectivity index (χ3v) is 4.59. The molecule has 146 valence electrons. The van der Waals surface area contributed by atoms with Gasteiger partial charge in [0, 0.05) is 24.5 Å². The van der Waals surface area contributed by atoms with Crippen LogP contribution in [0.5, 0.6) is 0 Å². The van der Waals surface area contributed by atoms with Crippen LogP contribution >= 0.6 is 0 Å². The lowest BCUT2D eigenvalue weighted by Crippen LogP contribution is -2.37. The van der Waals surface area contributed by atoms with Crippen LogP contribution in [0, 0.1) is 25.2 Å². The molecule has 1 aliphatic rings. The Morgan fingerprint density at radius 1 is 1.41 bits per heavy atom. The fraction of sp³-hybridized carbons (Fsp3) is 0.550. The second-order valence-electron chi connectivity index (χ2n) is 7.00. The van der Waals surface area contributed by atoms with Crippen LogP contribution in [0.25, 0.3) is 6.08 Å². The number of nitrogens with zero attached hydrogens (tertiary/aromatic N) is 2. The zero-order chi connectivity index (χ0) is 20.1. The van der Waals surface area contributed by atoms with Gasteiger partial charge in [-0.25, -0.2) is 4.79 Å². The van der Waals surface area contributed by atoms with Gasteiger partial charge in [-0.1, -0.05) is 0 Å². The monoisotopic (exact) mass is 373 g/mol. The molecule has 2 rings (SSSR count). The van der Waals surface area contributed by atoms with Gasteiger partial charge in [0.15, 0.2) is 6.10 Å². The minimum atomic E-state index is -0.941. The molecule has 1 aromatic rings. The average molecular weight is 373 g/mol. The molecular weight excluding hydrogens is 346 g/mol. The van der Waals surface area contributed by atoms with E-state index in [1.54, 1.807) is 7.11 Å². The number of aryl methyl sites for hydroxylation is 1. The predicted octanol–water partition coefficient (Wildman–Crippen LogP) is 2.43. The van der Waals surface area contributed by atoms with Crippen LogP contribution in [0.2, 0.25) is 0 Å². The maximum Gasteiger partial charge on any atom is 0.349 e. The van der Waals surface area contributed by atoms with Crippen LogP contribution in [-0.2, 0) is 19.1 Å². The summed E-state index contributed by atoms with van der Waals surface area (Å²) in [5, 5.41) is 12.2. The first-order chi connectivity index (χ1) is 12.8. The maximum atomic E-state index is 12.3. The lowest BCUT2D eigenvalue weighted by molar-refractivity contribution is -0.150. The third kappa shape index (κ3) is 5.20. The van der Waals surface area contributed by atoms with Gasteiger partial charge in [0.05, 0.1) is 12.6 Å². The number of rotatable bonds is 8. The minimum Gasteiger partial charge on any atom is -0.448 e. The van der Waals surface area contributed by atoms with E-state index in [9.17, 15) is 14.9 Å². The van der Waals surface area contributed by atoms with Crippen LogP contribution in [0.15, 0.2) is 11.6 Å². The summed E-state index contributed by atoms with van der Waals surface area (Å²) in [5.41, 5.74) is 2.56. The van der Waals surface area contributed by atoms with Gasteiger partial charge in [0.2, 0.25) is 0 Å². The van der Waals surface area contributed by atoms with E-state index in [0.717, 1.165) is 29.8 Å². The van der Waals surface area contributed by atoms with Crippen molar-refractivity contribution in [2.24, 2.45) is 0 Å². The van der Waals surface area contributed by atoms with Crippen molar-refractivity contribution in [1.82, 2.24) is 9.88 Å². The normalized spacial score (nSPS) is 16.4. The summed E-state index contributed by atoms with van der Waals surface area (Å²) < 4.78 is 12.5. The lowest BCUT2D eigenvalue weighted by atomic mass is 10.1. The standard InChI is InChI=1S/C20H27N3O4/c1-12-8-16(14(3)23(12)13(2)11-26-5)9-17(10-21)20(25)27-15(4)19(24)22-18-6-7-18/h8-9,13,15,18H,6-7,11H2,1-5H3,(H,22,24)/b17-9+/t13-,15+/m1/s1. The number of hydrogen-bond donors (Lipinski definition) is 1. The highest BCUT2D eigenvalue weighted by molar-refractivity contribution is 5.99. The zero-order valence-electron chi connectivity index (χ0n) is 16.5. The first-order valence-electron chi connectivity index (χ1n) is 9.09. The van der Waals surface area contributed by atoms with E-state index in [0.29, 0.717) is 6.61 Å². The molecule has 0 saturated heterocycles. The van der Waals surface area contributed by atoms with E-state index in [-0.39, 0.29) is 23.6 Å². The Bertz CT molecular complexity index is 784. The molecule has 0 radical (unpaired) electrons. The van der Waals surface area contributed by atoms with Crippen molar-refractivity contribution in [2.75, 3.05) is 13.7 Å². The number of carbonyl (C=O) groups excluding carboxylic acids is 2. The Kier molecular flexibility index (Phi) is 6.81. The SMILES string of the molecule is COC[C@@H](C)n1c(C)cc(/C=C(\C#N)C(=O)O[C@@H](C)C(=O)NC2CC2)c1C. The van der Waals surface area contributed by atoms with E-state index < -0.39 is 12.1 Å². The Hall–Kier alpha value is -2.59. The number of carbonyl (C=O) groups is 2. The molecule has 0 spiro atoms. The molecule has 1 saturated carbocycles. The van der Waals surface area contributed by atoms with E-state index >= 15 is 0 Å². The van der Waals surface area contributed by atoms with Gasteiger partial charge in [-0.3, -0.25) is 4.79 Å². The first kappa shape index (κ1) is 20.7. The number of aromatic nitrogens is 1. The summed E-state index contributed by atoms with van der Waals surface area (Å²) in [7, 11) is 1.65.